The van der Waals surface area contributed by atoms with Gasteiger partial charge in [0.15, 0.2) is 0 Å². The molecule has 1 saturated heterocycles. The average molecular weight is 328 g/mol. The predicted molar refractivity (Wildman–Crippen MR) is 97.1 cm³/mol. The summed E-state index contributed by atoms with van der Waals surface area (Å²) in [5, 5.41) is 7.55. The first-order chi connectivity index (χ1) is 11.2. The molecule has 0 N–H and O–H groups in total. The van der Waals surface area contributed by atoms with Crippen molar-refractivity contribution in [2.45, 2.75) is 13.5 Å². The molecule has 3 rings (SSSR count). The summed E-state index contributed by atoms with van der Waals surface area (Å²) in [7, 11) is 0. The lowest BCUT2D eigenvalue weighted by Gasteiger charge is -2.33. The number of hydrazone groups is 1. The molecule has 0 unspecified atom stereocenters. The molecule has 4 heteroatoms. The Morgan fingerprint density at radius 1 is 0.957 bits per heavy atom. The van der Waals surface area contributed by atoms with E-state index in [1.165, 1.54) is 11.1 Å². The zero-order valence-corrected chi connectivity index (χ0v) is 14.2. The third kappa shape index (κ3) is 4.81. The lowest BCUT2D eigenvalue weighted by atomic mass is 10.2. The van der Waals surface area contributed by atoms with Gasteiger partial charge in [0.25, 0.3) is 0 Å². The second kappa shape index (κ2) is 7.62. The smallest absolute Gasteiger partial charge is 0.0542 e. The second-order valence-electron chi connectivity index (χ2n) is 6.01. The molecular weight excluding hydrogens is 306 g/mol. The van der Waals surface area contributed by atoms with E-state index in [1.807, 2.05) is 18.3 Å². The Bertz CT molecular complexity index is 641. The highest BCUT2D eigenvalue weighted by Gasteiger charge is 2.15. The van der Waals surface area contributed by atoms with E-state index in [0.29, 0.717) is 0 Å². The maximum Gasteiger partial charge on any atom is 0.0542 e. The number of piperazine rings is 1. The van der Waals surface area contributed by atoms with Crippen molar-refractivity contribution in [1.29, 1.82) is 0 Å². The molecule has 1 aliphatic heterocycles. The van der Waals surface area contributed by atoms with Crippen LogP contribution < -0.4 is 0 Å². The van der Waals surface area contributed by atoms with Gasteiger partial charge in [0.05, 0.1) is 6.21 Å². The monoisotopic (exact) mass is 327 g/mol. The fourth-order valence-corrected chi connectivity index (χ4v) is 2.79. The maximum atomic E-state index is 5.93. The van der Waals surface area contributed by atoms with Gasteiger partial charge in [-0.2, -0.15) is 5.10 Å². The lowest BCUT2D eigenvalue weighted by Crippen LogP contribution is -2.43. The largest absolute Gasteiger partial charge is 0.295 e. The van der Waals surface area contributed by atoms with Gasteiger partial charge in [0, 0.05) is 37.7 Å². The summed E-state index contributed by atoms with van der Waals surface area (Å²) in [6, 6.07) is 16.6. The molecule has 120 valence electrons. The van der Waals surface area contributed by atoms with Crippen molar-refractivity contribution >= 4 is 17.8 Å². The van der Waals surface area contributed by atoms with Crippen molar-refractivity contribution in [3.63, 3.8) is 0 Å². The molecule has 0 aromatic heterocycles. The predicted octanol–water partition coefficient (Wildman–Crippen LogP) is 3.80. The molecule has 0 bridgehead atoms. The van der Waals surface area contributed by atoms with Crippen LogP contribution in [0.4, 0.5) is 0 Å². The summed E-state index contributed by atoms with van der Waals surface area (Å²) in [6.45, 7) is 7.08. The Hall–Kier alpha value is -1.84. The highest BCUT2D eigenvalue weighted by Crippen LogP contribution is 2.13. The summed E-state index contributed by atoms with van der Waals surface area (Å²) >= 11 is 5.93. The standard InChI is InChI=1S/C19H22ClN3/c1-16-2-4-17(5-3-16)14-21-23-12-10-22(11-13-23)15-18-6-8-19(20)9-7-18/h2-9,14H,10-13,15H2,1H3. The van der Waals surface area contributed by atoms with Crippen LogP contribution in [0.25, 0.3) is 0 Å². The highest BCUT2D eigenvalue weighted by atomic mass is 35.5. The average Bonchev–Trinajstić information content (AvgIpc) is 2.58. The van der Waals surface area contributed by atoms with Crippen molar-refractivity contribution in [3.8, 4) is 0 Å². The van der Waals surface area contributed by atoms with Gasteiger partial charge in [-0.1, -0.05) is 53.6 Å². The number of halogens is 1. The van der Waals surface area contributed by atoms with E-state index in [1.54, 1.807) is 0 Å². The number of aryl methyl sites for hydroxylation is 1. The van der Waals surface area contributed by atoms with E-state index in [9.17, 15) is 0 Å². The number of rotatable bonds is 4. The van der Waals surface area contributed by atoms with Crippen LogP contribution in [-0.4, -0.2) is 42.3 Å². The molecule has 0 spiro atoms. The molecule has 0 saturated carbocycles. The number of hydrogen-bond donors (Lipinski definition) is 0. The Labute approximate surface area is 143 Å². The number of benzene rings is 2. The van der Waals surface area contributed by atoms with Gasteiger partial charge in [0.2, 0.25) is 0 Å². The van der Waals surface area contributed by atoms with Crippen molar-refractivity contribution in [3.05, 3.63) is 70.2 Å². The third-order valence-corrected chi connectivity index (χ3v) is 4.37. The fourth-order valence-electron chi connectivity index (χ4n) is 2.66. The van der Waals surface area contributed by atoms with E-state index in [2.05, 4.69) is 58.3 Å². The van der Waals surface area contributed by atoms with Crippen molar-refractivity contribution in [2.75, 3.05) is 26.2 Å². The molecule has 0 aliphatic carbocycles. The van der Waals surface area contributed by atoms with Crippen molar-refractivity contribution < 1.29 is 0 Å². The summed E-state index contributed by atoms with van der Waals surface area (Å²) in [5.74, 6) is 0. The van der Waals surface area contributed by atoms with E-state index < -0.39 is 0 Å². The third-order valence-electron chi connectivity index (χ3n) is 4.12. The van der Waals surface area contributed by atoms with Gasteiger partial charge in [-0.25, -0.2) is 0 Å². The quantitative estimate of drug-likeness (QED) is 0.795. The molecular formula is C19H22ClN3. The van der Waals surface area contributed by atoms with E-state index >= 15 is 0 Å². The first-order valence-electron chi connectivity index (χ1n) is 8.01. The first kappa shape index (κ1) is 16.0. The fraction of sp³-hybridized carbons (Fsp3) is 0.316. The van der Waals surface area contributed by atoms with Crippen LogP contribution in [0.3, 0.4) is 0 Å². The Kier molecular flexibility index (Phi) is 5.31. The van der Waals surface area contributed by atoms with Gasteiger partial charge in [0.1, 0.15) is 0 Å². The molecule has 2 aromatic rings. The Morgan fingerprint density at radius 3 is 2.26 bits per heavy atom. The molecule has 23 heavy (non-hydrogen) atoms. The zero-order chi connectivity index (χ0) is 16.1. The summed E-state index contributed by atoms with van der Waals surface area (Å²) in [4.78, 5) is 2.46. The second-order valence-corrected chi connectivity index (χ2v) is 6.45. The summed E-state index contributed by atoms with van der Waals surface area (Å²) in [6.07, 6.45) is 1.95. The molecule has 1 aliphatic rings. The van der Waals surface area contributed by atoms with Gasteiger partial charge in [-0.15, -0.1) is 0 Å². The molecule has 0 amide bonds. The van der Waals surface area contributed by atoms with E-state index in [4.69, 9.17) is 11.6 Å². The van der Waals surface area contributed by atoms with Crippen LogP contribution in [0.1, 0.15) is 16.7 Å². The van der Waals surface area contributed by atoms with Crippen molar-refractivity contribution in [1.82, 2.24) is 9.91 Å². The minimum atomic E-state index is 0.795. The van der Waals surface area contributed by atoms with Crippen LogP contribution in [0.15, 0.2) is 53.6 Å². The van der Waals surface area contributed by atoms with E-state index in [0.717, 1.165) is 43.3 Å². The SMILES string of the molecule is Cc1ccc(C=NN2CCN(Cc3ccc(Cl)cc3)CC2)cc1. The Morgan fingerprint density at radius 2 is 1.61 bits per heavy atom. The van der Waals surface area contributed by atoms with Crippen LogP contribution in [0, 0.1) is 6.92 Å². The molecule has 0 radical (unpaired) electrons. The zero-order valence-electron chi connectivity index (χ0n) is 13.5. The van der Waals surface area contributed by atoms with Crippen molar-refractivity contribution in [2.24, 2.45) is 5.10 Å². The minimum Gasteiger partial charge on any atom is -0.295 e. The van der Waals surface area contributed by atoms with Gasteiger partial charge >= 0.3 is 0 Å². The number of hydrogen-bond acceptors (Lipinski definition) is 3. The normalized spacial score (nSPS) is 16.2. The van der Waals surface area contributed by atoms with Gasteiger partial charge < -0.3 is 0 Å². The Balaban J connectivity index is 1.48. The maximum absolute atomic E-state index is 5.93. The summed E-state index contributed by atoms with van der Waals surface area (Å²) < 4.78 is 0. The topological polar surface area (TPSA) is 18.8 Å². The van der Waals surface area contributed by atoms with Crippen LogP contribution in [0.5, 0.6) is 0 Å². The van der Waals surface area contributed by atoms with Gasteiger partial charge in [-0.05, 0) is 30.2 Å². The van der Waals surface area contributed by atoms with Crippen LogP contribution in [-0.2, 0) is 6.54 Å². The van der Waals surface area contributed by atoms with Crippen LogP contribution >= 0.6 is 11.6 Å². The van der Waals surface area contributed by atoms with Crippen LogP contribution in [0.2, 0.25) is 5.02 Å². The molecule has 3 nitrogen and oxygen atoms in total. The lowest BCUT2D eigenvalue weighted by molar-refractivity contribution is 0.131. The molecule has 1 heterocycles. The molecule has 2 aromatic carbocycles. The molecule has 0 atom stereocenters. The van der Waals surface area contributed by atoms with E-state index in [-0.39, 0.29) is 0 Å². The van der Waals surface area contributed by atoms with Gasteiger partial charge in [-0.3, -0.25) is 9.91 Å². The highest BCUT2D eigenvalue weighted by molar-refractivity contribution is 6.30. The first-order valence-corrected chi connectivity index (χ1v) is 8.39. The number of nitrogens with zero attached hydrogens (tertiary/aromatic N) is 3. The minimum absolute atomic E-state index is 0.795. The summed E-state index contributed by atoms with van der Waals surface area (Å²) in [5.41, 5.74) is 3.74. The molecule has 1 fully saturated rings.